The van der Waals surface area contributed by atoms with Crippen molar-refractivity contribution < 1.29 is 18.3 Å². The van der Waals surface area contributed by atoms with Crippen LogP contribution in [0.2, 0.25) is 0 Å². The molecule has 9 heteroatoms. The third-order valence-electron chi connectivity index (χ3n) is 4.89. The van der Waals surface area contributed by atoms with Gasteiger partial charge in [0.2, 0.25) is 11.8 Å². The molecule has 1 aliphatic rings. The maximum absolute atomic E-state index is 13.1. The van der Waals surface area contributed by atoms with Crippen LogP contribution in [0.25, 0.3) is 11.5 Å². The average Bonchev–Trinajstić information content (AvgIpc) is 3.27. The van der Waals surface area contributed by atoms with E-state index in [0.29, 0.717) is 37.3 Å². The van der Waals surface area contributed by atoms with Crippen LogP contribution in [-0.2, 0) is 4.79 Å². The van der Waals surface area contributed by atoms with Crippen molar-refractivity contribution in [2.75, 3.05) is 43.9 Å². The number of nitrogens with zero attached hydrogens (tertiary/aromatic N) is 4. The molecule has 0 bridgehead atoms. The molecular formula is C21H21FN4O3S. The number of benzene rings is 2. The Morgan fingerprint density at radius 2 is 1.77 bits per heavy atom. The molecule has 1 aromatic heterocycles. The number of ether oxygens (including phenoxy) is 1. The maximum atomic E-state index is 13.1. The van der Waals surface area contributed by atoms with E-state index in [0.717, 1.165) is 17.0 Å². The Kier molecular flexibility index (Phi) is 6.18. The molecule has 4 rings (SSSR count). The van der Waals surface area contributed by atoms with Gasteiger partial charge in [-0.3, -0.25) is 4.79 Å². The zero-order valence-corrected chi connectivity index (χ0v) is 17.3. The second-order valence-electron chi connectivity index (χ2n) is 6.73. The molecule has 156 valence electrons. The van der Waals surface area contributed by atoms with E-state index in [1.54, 1.807) is 19.2 Å². The molecule has 0 unspecified atom stereocenters. The Hall–Kier alpha value is -3.07. The minimum atomic E-state index is -0.249. The van der Waals surface area contributed by atoms with Crippen LogP contribution in [0, 0.1) is 5.82 Å². The SMILES string of the molecule is COc1ccc(-c2nnc(SCC(=O)N3CCN(c4ccc(F)cc4)CC3)o2)cc1. The number of hydrogen-bond acceptors (Lipinski definition) is 7. The Bertz CT molecular complexity index is 986. The standard InChI is InChI=1S/C21H21FN4O3S/c1-28-18-8-2-15(3-9-18)20-23-24-21(29-20)30-14-19(27)26-12-10-25(11-13-26)17-6-4-16(22)5-7-17/h2-9H,10-14H2,1H3. The van der Waals surface area contributed by atoms with Crippen LogP contribution in [0.5, 0.6) is 5.75 Å². The van der Waals surface area contributed by atoms with Crippen LogP contribution in [0.15, 0.2) is 58.2 Å². The van der Waals surface area contributed by atoms with Gasteiger partial charge in [0, 0.05) is 37.4 Å². The van der Waals surface area contributed by atoms with Gasteiger partial charge in [-0.25, -0.2) is 4.39 Å². The predicted octanol–water partition coefficient (Wildman–Crippen LogP) is 3.33. The van der Waals surface area contributed by atoms with Crippen molar-refractivity contribution in [1.82, 2.24) is 15.1 Å². The van der Waals surface area contributed by atoms with Gasteiger partial charge in [-0.2, -0.15) is 0 Å². The Morgan fingerprint density at radius 1 is 1.07 bits per heavy atom. The van der Waals surface area contributed by atoms with E-state index in [1.807, 2.05) is 29.2 Å². The third-order valence-corrected chi connectivity index (χ3v) is 5.69. The summed E-state index contributed by atoms with van der Waals surface area (Å²) in [7, 11) is 1.61. The summed E-state index contributed by atoms with van der Waals surface area (Å²) in [6.45, 7) is 2.67. The second kappa shape index (κ2) is 9.17. The smallest absolute Gasteiger partial charge is 0.277 e. The van der Waals surface area contributed by atoms with E-state index >= 15 is 0 Å². The van der Waals surface area contributed by atoms with Crippen LogP contribution in [0.4, 0.5) is 10.1 Å². The number of halogens is 1. The first-order valence-corrected chi connectivity index (χ1v) is 10.5. The Labute approximate surface area is 177 Å². The second-order valence-corrected chi connectivity index (χ2v) is 7.66. The molecule has 2 aromatic carbocycles. The molecule has 1 aliphatic heterocycles. The minimum absolute atomic E-state index is 0.0305. The lowest BCUT2D eigenvalue weighted by atomic mass is 10.2. The molecule has 7 nitrogen and oxygen atoms in total. The summed E-state index contributed by atoms with van der Waals surface area (Å²) in [6.07, 6.45) is 0. The fourth-order valence-corrected chi connectivity index (χ4v) is 3.87. The van der Waals surface area contributed by atoms with E-state index in [-0.39, 0.29) is 17.5 Å². The number of piperazine rings is 1. The average molecular weight is 428 g/mol. The fraction of sp³-hybridized carbons (Fsp3) is 0.286. The lowest BCUT2D eigenvalue weighted by Gasteiger charge is -2.36. The van der Waals surface area contributed by atoms with Gasteiger partial charge in [0.05, 0.1) is 12.9 Å². The van der Waals surface area contributed by atoms with E-state index in [4.69, 9.17) is 9.15 Å². The van der Waals surface area contributed by atoms with Gasteiger partial charge in [0.25, 0.3) is 5.22 Å². The van der Waals surface area contributed by atoms with Crippen molar-refractivity contribution in [3.63, 3.8) is 0 Å². The van der Waals surface area contributed by atoms with Crippen LogP contribution in [0.3, 0.4) is 0 Å². The molecule has 0 aliphatic carbocycles. The molecule has 0 radical (unpaired) electrons. The number of hydrogen-bond donors (Lipinski definition) is 0. The van der Waals surface area contributed by atoms with Crippen LogP contribution >= 0.6 is 11.8 Å². The minimum Gasteiger partial charge on any atom is -0.497 e. The highest BCUT2D eigenvalue weighted by atomic mass is 32.2. The number of anilines is 1. The highest BCUT2D eigenvalue weighted by molar-refractivity contribution is 7.99. The molecule has 3 aromatic rings. The normalized spacial score (nSPS) is 14.1. The number of carbonyl (C=O) groups is 1. The molecule has 0 atom stereocenters. The first kappa shape index (κ1) is 20.2. The zero-order valence-electron chi connectivity index (χ0n) is 16.5. The van der Waals surface area contributed by atoms with Gasteiger partial charge < -0.3 is 19.0 Å². The summed E-state index contributed by atoms with van der Waals surface area (Å²) in [5, 5.41) is 8.42. The molecule has 0 N–H and O–H groups in total. The zero-order chi connectivity index (χ0) is 20.9. The van der Waals surface area contributed by atoms with E-state index in [2.05, 4.69) is 15.1 Å². The van der Waals surface area contributed by atoms with Gasteiger partial charge in [0.1, 0.15) is 11.6 Å². The van der Waals surface area contributed by atoms with Crippen molar-refractivity contribution in [1.29, 1.82) is 0 Å². The molecule has 0 saturated carbocycles. The summed E-state index contributed by atoms with van der Waals surface area (Å²) < 4.78 is 23.9. The quantitative estimate of drug-likeness (QED) is 0.558. The van der Waals surface area contributed by atoms with Crippen molar-refractivity contribution in [2.45, 2.75) is 5.22 Å². The predicted molar refractivity (Wildman–Crippen MR) is 112 cm³/mol. The number of methoxy groups -OCH3 is 1. The lowest BCUT2D eigenvalue weighted by Crippen LogP contribution is -2.49. The highest BCUT2D eigenvalue weighted by Crippen LogP contribution is 2.25. The maximum Gasteiger partial charge on any atom is 0.277 e. The summed E-state index contributed by atoms with van der Waals surface area (Å²) in [5.74, 6) is 1.17. The first-order chi connectivity index (χ1) is 14.6. The summed E-state index contributed by atoms with van der Waals surface area (Å²) in [6, 6.07) is 13.8. The number of amides is 1. The number of aromatic nitrogens is 2. The summed E-state index contributed by atoms with van der Waals surface area (Å²) >= 11 is 1.23. The Morgan fingerprint density at radius 3 is 2.43 bits per heavy atom. The van der Waals surface area contributed by atoms with Gasteiger partial charge in [-0.1, -0.05) is 11.8 Å². The number of carbonyl (C=O) groups excluding carboxylic acids is 1. The first-order valence-electron chi connectivity index (χ1n) is 9.51. The van der Waals surface area contributed by atoms with Crippen molar-refractivity contribution >= 4 is 23.4 Å². The highest BCUT2D eigenvalue weighted by Gasteiger charge is 2.22. The summed E-state index contributed by atoms with van der Waals surface area (Å²) in [4.78, 5) is 16.5. The van der Waals surface area contributed by atoms with Crippen molar-refractivity contribution in [2.24, 2.45) is 0 Å². The van der Waals surface area contributed by atoms with E-state index in [1.165, 1.54) is 23.9 Å². The molecule has 2 heterocycles. The molecular weight excluding hydrogens is 407 g/mol. The third kappa shape index (κ3) is 4.73. The van der Waals surface area contributed by atoms with E-state index in [9.17, 15) is 9.18 Å². The summed E-state index contributed by atoms with van der Waals surface area (Å²) in [5.41, 5.74) is 1.76. The topological polar surface area (TPSA) is 71.7 Å². The van der Waals surface area contributed by atoms with Gasteiger partial charge in [-0.15, -0.1) is 10.2 Å². The van der Waals surface area contributed by atoms with Crippen LogP contribution < -0.4 is 9.64 Å². The molecule has 30 heavy (non-hydrogen) atoms. The molecule has 0 spiro atoms. The molecule has 1 amide bonds. The molecule has 1 fully saturated rings. The monoisotopic (exact) mass is 428 g/mol. The fourth-order valence-electron chi connectivity index (χ4n) is 3.20. The van der Waals surface area contributed by atoms with Crippen LogP contribution in [-0.4, -0.2) is 60.0 Å². The van der Waals surface area contributed by atoms with Crippen molar-refractivity contribution in [3.05, 3.63) is 54.3 Å². The number of rotatable bonds is 6. The number of thioether (sulfide) groups is 1. The lowest BCUT2D eigenvalue weighted by molar-refractivity contribution is -0.128. The van der Waals surface area contributed by atoms with Gasteiger partial charge >= 0.3 is 0 Å². The Balaban J connectivity index is 1.27. The van der Waals surface area contributed by atoms with Gasteiger partial charge in [0.15, 0.2) is 0 Å². The van der Waals surface area contributed by atoms with Crippen LogP contribution in [0.1, 0.15) is 0 Å². The molecule has 1 saturated heterocycles. The van der Waals surface area contributed by atoms with Crippen molar-refractivity contribution in [3.8, 4) is 17.2 Å². The van der Waals surface area contributed by atoms with Gasteiger partial charge in [-0.05, 0) is 48.5 Å². The van der Waals surface area contributed by atoms with E-state index < -0.39 is 0 Å². The largest absolute Gasteiger partial charge is 0.497 e.